The minimum Gasteiger partial charge on any atom is -0.351 e. The van der Waals surface area contributed by atoms with Crippen LogP contribution in [0.3, 0.4) is 0 Å². The van der Waals surface area contributed by atoms with Crippen molar-refractivity contribution in [2.75, 3.05) is 4.90 Å². The maximum absolute atomic E-state index is 11.6. The first-order valence-electron chi connectivity index (χ1n) is 5.42. The topological polar surface area (TPSA) is 59.2 Å². The molecule has 0 aliphatic rings. The van der Waals surface area contributed by atoms with Crippen molar-refractivity contribution in [1.82, 2.24) is 4.98 Å². The molecule has 4 nitrogen and oxygen atoms in total. The number of nitrogens with two attached hydrogens (primary N) is 1. The van der Waals surface area contributed by atoms with Crippen LogP contribution in [0.1, 0.15) is 19.4 Å². The molecule has 0 radical (unpaired) electrons. The van der Waals surface area contributed by atoms with Gasteiger partial charge in [-0.3, -0.25) is 0 Å². The van der Waals surface area contributed by atoms with Gasteiger partial charge in [0.2, 0.25) is 0 Å². The van der Waals surface area contributed by atoms with E-state index in [0.29, 0.717) is 11.5 Å². The highest BCUT2D eigenvalue weighted by Gasteiger charge is 2.18. The summed E-state index contributed by atoms with van der Waals surface area (Å²) in [5.41, 5.74) is 7.02. The van der Waals surface area contributed by atoms with Crippen molar-refractivity contribution in [3.63, 3.8) is 0 Å². The lowest BCUT2D eigenvalue weighted by molar-refractivity contribution is 0.255. The Hall–Kier alpha value is -2.10. The van der Waals surface area contributed by atoms with Crippen LogP contribution in [0.2, 0.25) is 0 Å². The molecule has 0 aliphatic heterocycles. The molecule has 1 heterocycles. The minimum absolute atomic E-state index is 0.544. The standard InChI is InChI=1S/C13H17N3O/c1-4-7-11(5-2)16(13(14)17)12-10(3)8-6-9-15-12/h4-9H,1-3H3,(H2,14,17)/b7-4-,11-5+. The highest BCUT2D eigenvalue weighted by atomic mass is 16.2. The molecule has 0 fully saturated rings. The molecular formula is C13H17N3O. The van der Waals surface area contributed by atoms with Crippen molar-refractivity contribution in [3.05, 3.63) is 47.8 Å². The highest BCUT2D eigenvalue weighted by molar-refractivity contribution is 5.94. The largest absolute Gasteiger partial charge is 0.351 e. The molecule has 2 amide bonds. The number of aryl methyl sites for hydroxylation is 1. The van der Waals surface area contributed by atoms with Gasteiger partial charge in [-0.15, -0.1) is 0 Å². The third-order valence-electron chi connectivity index (χ3n) is 2.31. The van der Waals surface area contributed by atoms with Gasteiger partial charge >= 0.3 is 6.03 Å². The summed E-state index contributed by atoms with van der Waals surface area (Å²) >= 11 is 0. The van der Waals surface area contributed by atoms with Crippen LogP contribution < -0.4 is 10.6 Å². The van der Waals surface area contributed by atoms with Gasteiger partial charge in [0, 0.05) is 11.9 Å². The SMILES string of the molecule is C/C=C\C(=C/C)N(C(N)=O)c1ncccc1C. The van der Waals surface area contributed by atoms with Crippen LogP contribution in [0, 0.1) is 6.92 Å². The van der Waals surface area contributed by atoms with Gasteiger partial charge in [-0.2, -0.15) is 0 Å². The van der Waals surface area contributed by atoms with E-state index >= 15 is 0 Å². The van der Waals surface area contributed by atoms with Crippen LogP contribution in [0.5, 0.6) is 0 Å². The number of carbonyl (C=O) groups is 1. The second kappa shape index (κ2) is 5.84. The van der Waals surface area contributed by atoms with Gasteiger partial charge in [-0.1, -0.05) is 18.2 Å². The average Bonchev–Trinajstić information content (AvgIpc) is 2.30. The van der Waals surface area contributed by atoms with Gasteiger partial charge in [-0.25, -0.2) is 14.7 Å². The van der Waals surface area contributed by atoms with Crippen LogP contribution in [0.25, 0.3) is 0 Å². The Labute approximate surface area is 101 Å². The third-order valence-corrected chi connectivity index (χ3v) is 2.31. The predicted molar refractivity (Wildman–Crippen MR) is 69.6 cm³/mol. The second-order valence-electron chi connectivity index (χ2n) is 3.53. The van der Waals surface area contributed by atoms with E-state index in [4.69, 9.17) is 5.73 Å². The molecule has 4 heteroatoms. The van der Waals surface area contributed by atoms with E-state index in [0.717, 1.165) is 5.56 Å². The minimum atomic E-state index is -0.544. The number of pyridine rings is 1. The smallest absolute Gasteiger partial charge is 0.325 e. The molecule has 0 saturated carbocycles. The number of primary amides is 1. The van der Waals surface area contributed by atoms with Crippen molar-refractivity contribution in [2.45, 2.75) is 20.8 Å². The van der Waals surface area contributed by atoms with Crippen LogP contribution in [0.15, 0.2) is 42.3 Å². The molecule has 1 rings (SSSR count). The Kier molecular flexibility index (Phi) is 4.46. The highest BCUT2D eigenvalue weighted by Crippen LogP contribution is 2.21. The van der Waals surface area contributed by atoms with E-state index in [1.54, 1.807) is 6.20 Å². The number of hydrogen-bond donors (Lipinski definition) is 1. The maximum Gasteiger partial charge on any atom is 0.325 e. The number of anilines is 1. The van der Waals surface area contributed by atoms with Gasteiger partial charge in [0.15, 0.2) is 0 Å². The Morgan fingerprint density at radius 1 is 1.47 bits per heavy atom. The van der Waals surface area contributed by atoms with Gasteiger partial charge in [-0.05, 0) is 38.5 Å². The molecule has 0 bridgehead atoms. The number of hydrogen-bond acceptors (Lipinski definition) is 2. The summed E-state index contributed by atoms with van der Waals surface area (Å²) in [4.78, 5) is 17.2. The van der Waals surface area contributed by atoms with Crippen molar-refractivity contribution >= 4 is 11.8 Å². The quantitative estimate of drug-likeness (QED) is 0.813. The lowest BCUT2D eigenvalue weighted by atomic mass is 10.2. The summed E-state index contributed by atoms with van der Waals surface area (Å²) < 4.78 is 0. The Bertz CT molecular complexity index is 463. The maximum atomic E-state index is 11.6. The molecule has 90 valence electrons. The van der Waals surface area contributed by atoms with Crippen LogP contribution in [-0.2, 0) is 0 Å². The number of aromatic nitrogens is 1. The molecule has 2 N–H and O–H groups in total. The molecule has 0 aromatic carbocycles. The zero-order valence-electron chi connectivity index (χ0n) is 10.3. The molecule has 0 atom stereocenters. The predicted octanol–water partition coefficient (Wildman–Crippen LogP) is 2.76. The lowest BCUT2D eigenvalue weighted by Crippen LogP contribution is -2.35. The first-order chi connectivity index (χ1) is 8.11. The molecule has 0 aliphatic carbocycles. The molecule has 0 spiro atoms. The summed E-state index contributed by atoms with van der Waals surface area (Å²) in [6, 6.07) is 3.17. The van der Waals surface area contributed by atoms with Gasteiger partial charge in [0.25, 0.3) is 0 Å². The van der Waals surface area contributed by atoms with E-state index in [-0.39, 0.29) is 0 Å². The average molecular weight is 231 g/mol. The summed E-state index contributed by atoms with van der Waals surface area (Å²) in [6.07, 6.45) is 7.13. The van der Waals surface area contributed by atoms with E-state index in [2.05, 4.69) is 4.98 Å². The monoisotopic (exact) mass is 231 g/mol. The van der Waals surface area contributed by atoms with E-state index in [1.165, 1.54) is 4.90 Å². The molecule has 0 saturated heterocycles. The first-order valence-corrected chi connectivity index (χ1v) is 5.42. The fourth-order valence-electron chi connectivity index (χ4n) is 1.54. The number of rotatable bonds is 3. The zero-order chi connectivity index (χ0) is 12.8. The van der Waals surface area contributed by atoms with E-state index in [9.17, 15) is 4.79 Å². The molecular weight excluding hydrogens is 214 g/mol. The summed E-state index contributed by atoms with van der Waals surface area (Å²) in [7, 11) is 0. The summed E-state index contributed by atoms with van der Waals surface area (Å²) in [5, 5.41) is 0. The van der Waals surface area contributed by atoms with Gasteiger partial charge in [0.1, 0.15) is 5.82 Å². The fraction of sp³-hybridized carbons (Fsp3) is 0.231. The van der Waals surface area contributed by atoms with Crippen LogP contribution >= 0.6 is 0 Å². The molecule has 1 aromatic rings. The molecule has 1 aromatic heterocycles. The third kappa shape index (κ3) is 2.93. The second-order valence-corrected chi connectivity index (χ2v) is 3.53. The lowest BCUT2D eigenvalue weighted by Gasteiger charge is -2.21. The fourth-order valence-corrected chi connectivity index (χ4v) is 1.54. The van der Waals surface area contributed by atoms with E-state index in [1.807, 2.05) is 51.1 Å². The number of carbonyl (C=O) groups excluding carboxylic acids is 1. The number of amides is 2. The zero-order valence-corrected chi connectivity index (χ0v) is 10.3. The van der Waals surface area contributed by atoms with Gasteiger partial charge in [0.05, 0.1) is 0 Å². The normalized spacial score (nSPS) is 11.8. The Morgan fingerprint density at radius 3 is 2.65 bits per heavy atom. The van der Waals surface area contributed by atoms with Crippen molar-refractivity contribution in [3.8, 4) is 0 Å². The van der Waals surface area contributed by atoms with E-state index < -0.39 is 6.03 Å². The number of urea groups is 1. The van der Waals surface area contributed by atoms with Crippen LogP contribution in [0.4, 0.5) is 10.6 Å². The number of nitrogens with zero attached hydrogens (tertiary/aromatic N) is 2. The molecule has 0 unspecified atom stereocenters. The van der Waals surface area contributed by atoms with Crippen molar-refractivity contribution in [1.29, 1.82) is 0 Å². The molecule has 17 heavy (non-hydrogen) atoms. The first kappa shape index (κ1) is 13.0. The van der Waals surface area contributed by atoms with Crippen molar-refractivity contribution < 1.29 is 4.79 Å². The Balaban J connectivity index is 3.28. The summed E-state index contributed by atoms with van der Waals surface area (Å²) in [5.74, 6) is 0.561. The number of allylic oxidation sites excluding steroid dienone is 3. The van der Waals surface area contributed by atoms with Crippen molar-refractivity contribution in [2.24, 2.45) is 5.73 Å². The van der Waals surface area contributed by atoms with Crippen LogP contribution in [-0.4, -0.2) is 11.0 Å². The van der Waals surface area contributed by atoms with Gasteiger partial charge < -0.3 is 5.73 Å². The Morgan fingerprint density at radius 2 is 2.18 bits per heavy atom. The summed E-state index contributed by atoms with van der Waals surface area (Å²) in [6.45, 7) is 5.62.